The van der Waals surface area contributed by atoms with Gasteiger partial charge in [-0.25, -0.2) is 4.98 Å². The maximum absolute atomic E-state index is 12.2. The summed E-state index contributed by atoms with van der Waals surface area (Å²) in [5, 5.41) is 3.32. The monoisotopic (exact) mass is 390 g/mol. The smallest absolute Gasteiger partial charge is 0.292 e. The molecule has 0 aliphatic carbocycles. The molecule has 1 aromatic carbocycles. The van der Waals surface area contributed by atoms with Crippen LogP contribution < -0.4 is 5.32 Å². The highest BCUT2D eigenvalue weighted by Gasteiger charge is 2.13. The molecule has 0 radical (unpaired) electrons. The number of aryl methyl sites for hydroxylation is 1. The van der Waals surface area contributed by atoms with E-state index in [-0.39, 0.29) is 11.7 Å². The average molecular weight is 392 g/mol. The van der Waals surface area contributed by atoms with Crippen LogP contribution in [0.15, 0.2) is 57.4 Å². The van der Waals surface area contributed by atoms with Gasteiger partial charge in [0.25, 0.3) is 5.91 Å². The third kappa shape index (κ3) is 3.63. The Morgan fingerprint density at radius 3 is 2.78 bits per heavy atom. The van der Waals surface area contributed by atoms with Crippen molar-refractivity contribution in [3.63, 3.8) is 0 Å². The number of halogens is 2. The molecule has 6 heteroatoms. The van der Waals surface area contributed by atoms with E-state index >= 15 is 0 Å². The number of carbonyl (C=O) groups is 1. The third-order valence-corrected chi connectivity index (χ3v) is 4.28. The molecular weight excluding hydrogens is 380 g/mol. The van der Waals surface area contributed by atoms with Gasteiger partial charge in [0, 0.05) is 15.1 Å². The van der Waals surface area contributed by atoms with Gasteiger partial charge in [0.1, 0.15) is 11.6 Å². The molecule has 116 valence electrons. The van der Waals surface area contributed by atoms with Crippen molar-refractivity contribution in [2.45, 2.75) is 6.92 Å². The number of benzene rings is 1. The Balaban J connectivity index is 1.79. The van der Waals surface area contributed by atoms with Gasteiger partial charge in [0.05, 0.1) is 5.69 Å². The molecule has 0 fully saturated rings. The lowest BCUT2D eigenvalue weighted by molar-refractivity contribution is 0.0997. The van der Waals surface area contributed by atoms with Crippen molar-refractivity contribution in [3.8, 4) is 11.3 Å². The van der Waals surface area contributed by atoms with Crippen molar-refractivity contribution in [1.82, 2.24) is 4.98 Å². The van der Waals surface area contributed by atoms with Crippen LogP contribution in [0, 0.1) is 6.92 Å². The van der Waals surface area contributed by atoms with E-state index in [1.54, 1.807) is 30.3 Å². The molecule has 0 aliphatic heterocycles. The van der Waals surface area contributed by atoms with E-state index < -0.39 is 0 Å². The maximum Gasteiger partial charge on any atom is 0.292 e. The molecule has 2 aromatic heterocycles. The van der Waals surface area contributed by atoms with E-state index in [0.29, 0.717) is 16.6 Å². The van der Waals surface area contributed by atoms with Crippen molar-refractivity contribution in [2.75, 3.05) is 5.32 Å². The van der Waals surface area contributed by atoms with Crippen LogP contribution in [0.3, 0.4) is 0 Å². The lowest BCUT2D eigenvalue weighted by Gasteiger charge is -2.04. The highest BCUT2D eigenvalue weighted by atomic mass is 79.9. The second-order valence-corrected chi connectivity index (χ2v) is 6.18. The topological polar surface area (TPSA) is 55.1 Å². The summed E-state index contributed by atoms with van der Waals surface area (Å²) in [7, 11) is 0. The van der Waals surface area contributed by atoms with Crippen molar-refractivity contribution < 1.29 is 9.21 Å². The van der Waals surface area contributed by atoms with Crippen LogP contribution in [0.4, 0.5) is 5.82 Å². The molecule has 0 saturated heterocycles. The lowest BCUT2D eigenvalue weighted by Crippen LogP contribution is -2.12. The van der Waals surface area contributed by atoms with Crippen molar-refractivity contribution in [3.05, 3.63) is 69.5 Å². The number of furan rings is 1. The summed E-state index contributed by atoms with van der Waals surface area (Å²) in [6.45, 7) is 1.85. The molecule has 1 amide bonds. The van der Waals surface area contributed by atoms with Crippen LogP contribution in [0.2, 0.25) is 5.02 Å². The minimum Gasteiger partial charge on any atom is -0.451 e. The van der Waals surface area contributed by atoms with Crippen LogP contribution in [-0.2, 0) is 0 Å². The van der Waals surface area contributed by atoms with Gasteiger partial charge >= 0.3 is 0 Å². The van der Waals surface area contributed by atoms with E-state index in [2.05, 4.69) is 26.2 Å². The fourth-order valence-corrected chi connectivity index (χ4v) is 2.46. The van der Waals surface area contributed by atoms with E-state index in [0.717, 1.165) is 15.7 Å². The number of rotatable bonds is 3. The molecule has 4 nitrogen and oxygen atoms in total. The molecule has 0 atom stereocenters. The average Bonchev–Trinajstić information content (AvgIpc) is 3.01. The van der Waals surface area contributed by atoms with E-state index in [9.17, 15) is 4.79 Å². The minimum atomic E-state index is -0.354. The number of nitrogens with zero attached hydrogens (tertiary/aromatic N) is 1. The van der Waals surface area contributed by atoms with E-state index in [1.807, 2.05) is 25.1 Å². The SMILES string of the molecule is Cc1nc(NC(=O)c2ccc(-c3cccc(Cl)c3)o2)ccc1Br. The fraction of sp³-hybridized carbons (Fsp3) is 0.0588. The molecule has 0 unspecified atom stereocenters. The number of pyridine rings is 1. The zero-order valence-electron chi connectivity index (χ0n) is 12.1. The summed E-state index contributed by atoms with van der Waals surface area (Å²) in [4.78, 5) is 16.5. The second kappa shape index (κ2) is 6.56. The Morgan fingerprint density at radius 2 is 2.04 bits per heavy atom. The molecule has 2 heterocycles. The first-order valence-corrected chi connectivity index (χ1v) is 8.00. The van der Waals surface area contributed by atoms with E-state index in [1.165, 1.54) is 0 Å². The normalized spacial score (nSPS) is 10.6. The predicted octanol–water partition coefficient (Wildman–Crippen LogP) is 5.32. The van der Waals surface area contributed by atoms with E-state index in [4.69, 9.17) is 16.0 Å². The van der Waals surface area contributed by atoms with Crippen LogP contribution in [0.25, 0.3) is 11.3 Å². The Hall–Kier alpha value is -2.11. The fourth-order valence-electron chi connectivity index (χ4n) is 2.05. The molecule has 3 rings (SSSR count). The number of hydrogen-bond acceptors (Lipinski definition) is 3. The minimum absolute atomic E-state index is 0.211. The first-order valence-electron chi connectivity index (χ1n) is 6.83. The van der Waals surface area contributed by atoms with Gasteiger partial charge in [0.15, 0.2) is 5.76 Å². The van der Waals surface area contributed by atoms with Crippen LogP contribution in [0.1, 0.15) is 16.2 Å². The zero-order valence-corrected chi connectivity index (χ0v) is 14.5. The predicted molar refractivity (Wildman–Crippen MR) is 93.8 cm³/mol. The quantitative estimate of drug-likeness (QED) is 0.657. The van der Waals surface area contributed by atoms with Gasteiger partial charge in [-0.3, -0.25) is 4.79 Å². The standard InChI is InChI=1S/C17H12BrClN2O2/c1-10-13(18)5-8-16(20-10)21-17(22)15-7-6-14(23-15)11-3-2-4-12(19)9-11/h2-9H,1H3,(H,20,21,22). The Kier molecular flexibility index (Phi) is 4.50. The summed E-state index contributed by atoms with van der Waals surface area (Å²) in [5.74, 6) is 0.906. The number of aromatic nitrogens is 1. The number of hydrogen-bond donors (Lipinski definition) is 1. The summed E-state index contributed by atoms with van der Waals surface area (Å²) < 4.78 is 6.49. The molecule has 23 heavy (non-hydrogen) atoms. The summed E-state index contributed by atoms with van der Waals surface area (Å²) in [5.41, 5.74) is 1.61. The third-order valence-electron chi connectivity index (χ3n) is 3.20. The summed E-state index contributed by atoms with van der Waals surface area (Å²) in [6, 6.07) is 14.2. The first-order chi connectivity index (χ1) is 11.0. The summed E-state index contributed by atoms with van der Waals surface area (Å²) >= 11 is 9.34. The molecule has 0 spiro atoms. The molecule has 0 saturated carbocycles. The van der Waals surface area contributed by atoms with Gasteiger partial charge in [-0.1, -0.05) is 23.7 Å². The molecule has 0 bridgehead atoms. The van der Waals surface area contributed by atoms with Crippen LogP contribution >= 0.6 is 27.5 Å². The second-order valence-electron chi connectivity index (χ2n) is 4.89. The molecule has 3 aromatic rings. The molecular formula is C17H12BrClN2O2. The first kappa shape index (κ1) is 15.8. The largest absolute Gasteiger partial charge is 0.451 e. The Labute approximate surface area is 146 Å². The molecule has 0 aliphatic rings. The lowest BCUT2D eigenvalue weighted by atomic mass is 10.2. The highest BCUT2D eigenvalue weighted by Crippen LogP contribution is 2.25. The van der Waals surface area contributed by atoms with Crippen molar-refractivity contribution in [2.24, 2.45) is 0 Å². The van der Waals surface area contributed by atoms with Crippen molar-refractivity contribution in [1.29, 1.82) is 0 Å². The highest BCUT2D eigenvalue weighted by molar-refractivity contribution is 9.10. The number of carbonyl (C=O) groups excluding carboxylic acids is 1. The van der Waals surface area contributed by atoms with Gasteiger partial charge in [-0.2, -0.15) is 0 Å². The van der Waals surface area contributed by atoms with Gasteiger partial charge in [-0.15, -0.1) is 0 Å². The van der Waals surface area contributed by atoms with Crippen LogP contribution in [-0.4, -0.2) is 10.9 Å². The van der Waals surface area contributed by atoms with Gasteiger partial charge in [-0.05, 0) is 59.3 Å². The maximum atomic E-state index is 12.2. The summed E-state index contributed by atoms with van der Waals surface area (Å²) in [6.07, 6.45) is 0. The number of amides is 1. The van der Waals surface area contributed by atoms with Gasteiger partial charge in [0.2, 0.25) is 0 Å². The number of nitrogens with one attached hydrogen (secondary N) is 1. The van der Waals surface area contributed by atoms with Crippen LogP contribution in [0.5, 0.6) is 0 Å². The molecule has 1 N–H and O–H groups in total. The number of anilines is 1. The Bertz CT molecular complexity index is 877. The Morgan fingerprint density at radius 1 is 1.22 bits per heavy atom. The van der Waals surface area contributed by atoms with Crippen molar-refractivity contribution >= 4 is 39.3 Å². The van der Waals surface area contributed by atoms with Gasteiger partial charge < -0.3 is 9.73 Å². The zero-order chi connectivity index (χ0) is 16.4.